The van der Waals surface area contributed by atoms with Gasteiger partial charge in [-0.25, -0.2) is 9.59 Å². The van der Waals surface area contributed by atoms with Gasteiger partial charge in [0, 0.05) is 0 Å². The average molecular weight is 550 g/mol. The maximum atomic E-state index is 12.3. The second-order valence-electron chi connectivity index (χ2n) is 9.40. The van der Waals surface area contributed by atoms with Crippen molar-refractivity contribution in [3.05, 3.63) is 72.4 Å². The van der Waals surface area contributed by atoms with Crippen LogP contribution in [-0.2, 0) is 39.8 Å². The summed E-state index contributed by atoms with van der Waals surface area (Å²) in [5.74, 6) is -0.714. The quantitative estimate of drug-likeness (QED) is 0.186. The highest BCUT2D eigenvalue weighted by Crippen LogP contribution is 2.14. The van der Waals surface area contributed by atoms with Crippen LogP contribution in [0.15, 0.2) is 66.8 Å². The fourth-order valence-corrected chi connectivity index (χ4v) is 3.16. The van der Waals surface area contributed by atoms with Gasteiger partial charge < -0.3 is 38.8 Å². The fourth-order valence-electron chi connectivity index (χ4n) is 3.16. The van der Waals surface area contributed by atoms with E-state index in [-0.39, 0.29) is 46.2 Å². The first-order valence-corrected chi connectivity index (χ1v) is 12.6. The van der Waals surface area contributed by atoms with Crippen LogP contribution in [0.25, 0.3) is 0 Å². The monoisotopic (exact) mass is 549 g/mol. The minimum atomic E-state index is -1.14. The Balaban J connectivity index is 2.86. The zero-order chi connectivity index (χ0) is 29.2. The summed E-state index contributed by atoms with van der Waals surface area (Å²) in [4.78, 5) is 24.6. The Kier molecular flexibility index (Phi) is 16.7. The van der Waals surface area contributed by atoms with Gasteiger partial charge in [0.05, 0.1) is 46.8 Å². The molecule has 0 fully saturated rings. The van der Waals surface area contributed by atoms with Gasteiger partial charge in [0.1, 0.15) is 24.9 Å². The van der Waals surface area contributed by atoms with Crippen molar-refractivity contribution in [3.63, 3.8) is 0 Å². The molecule has 1 rings (SSSR count). The number of nitrogens with one attached hydrogen (secondary N) is 1. The lowest BCUT2D eigenvalue weighted by Gasteiger charge is -2.31. The van der Waals surface area contributed by atoms with Crippen molar-refractivity contribution in [1.82, 2.24) is 5.32 Å². The molecule has 2 N–H and O–H groups in total. The molecule has 10 heteroatoms. The number of esters is 1. The maximum absolute atomic E-state index is 12.3. The molecule has 1 amide bonds. The average Bonchev–Trinajstić information content (AvgIpc) is 2.89. The number of carbonyl (C=O) groups excluding carboxylic acids is 2. The summed E-state index contributed by atoms with van der Waals surface area (Å²) in [6.07, 6.45) is -3.50. The Morgan fingerprint density at radius 3 is 2.08 bits per heavy atom. The molecule has 0 heterocycles. The molecule has 0 bridgehead atoms. The smallest absolute Gasteiger partial charge is 0.408 e. The van der Waals surface area contributed by atoms with E-state index in [2.05, 4.69) is 25.1 Å². The molecule has 4 atom stereocenters. The molecular formula is C29H43NO9. The summed E-state index contributed by atoms with van der Waals surface area (Å²) in [7, 11) is 1.20. The fraction of sp³-hybridized carbons (Fsp3) is 0.517. The van der Waals surface area contributed by atoms with E-state index in [9.17, 15) is 14.7 Å². The van der Waals surface area contributed by atoms with E-state index in [1.165, 1.54) is 7.11 Å². The molecule has 1 aromatic rings. The normalized spacial score (nSPS) is 14.0. The summed E-state index contributed by atoms with van der Waals surface area (Å²) < 4.78 is 33.1. The number of hydrogen-bond donors (Lipinski definition) is 2. The SMILES string of the molecule is C=C(C)COC[C@@H](O)[C@H](OCC(=C)C)[C@H](COC[C@H](NC(=O)OCc1ccccc1)C(=O)OC)OCC(=C)C. The first-order chi connectivity index (χ1) is 18.5. The molecule has 0 saturated heterocycles. The Morgan fingerprint density at radius 2 is 1.49 bits per heavy atom. The summed E-state index contributed by atoms with van der Waals surface area (Å²) in [5.41, 5.74) is 3.10. The maximum Gasteiger partial charge on any atom is 0.408 e. The molecule has 0 aromatic heterocycles. The zero-order valence-electron chi connectivity index (χ0n) is 23.5. The molecule has 0 saturated carbocycles. The van der Waals surface area contributed by atoms with E-state index in [1.54, 1.807) is 13.8 Å². The molecule has 0 aliphatic rings. The lowest BCUT2D eigenvalue weighted by atomic mass is 10.1. The van der Waals surface area contributed by atoms with Crippen molar-refractivity contribution >= 4 is 12.1 Å². The highest BCUT2D eigenvalue weighted by atomic mass is 16.6. The molecule has 0 spiro atoms. The van der Waals surface area contributed by atoms with Crippen LogP contribution in [0.3, 0.4) is 0 Å². The number of aliphatic hydroxyl groups excluding tert-OH is 1. The largest absolute Gasteiger partial charge is 0.467 e. The van der Waals surface area contributed by atoms with Crippen LogP contribution in [0.1, 0.15) is 26.3 Å². The lowest BCUT2D eigenvalue weighted by molar-refractivity contribution is -0.153. The number of aliphatic hydroxyl groups is 1. The predicted molar refractivity (Wildman–Crippen MR) is 147 cm³/mol. The van der Waals surface area contributed by atoms with Gasteiger partial charge in [-0.05, 0) is 26.3 Å². The van der Waals surface area contributed by atoms with E-state index >= 15 is 0 Å². The number of benzene rings is 1. The predicted octanol–water partition coefficient (Wildman–Crippen LogP) is 3.35. The number of alkyl carbamates (subject to hydrolysis) is 1. The number of ether oxygens (including phenoxy) is 6. The van der Waals surface area contributed by atoms with E-state index in [4.69, 9.17) is 28.4 Å². The van der Waals surface area contributed by atoms with E-state index in [0.717, 1.165) is 22.3 Å². The minimum absolute atomic E-state index is 0.0275. The lowest BCUT2D eigenvalue weighted by Crippen LogP contribution is -2.48. The molecule has 0 aliphatic carbocycles. The van der Waals surface area contributed by atoms with Gasteiger partial charge in [0.15, 0.2) is 6.04 Å². The van der Waals surface area contributed by atoms with Crippen LogP contribution in [0.2, 0.25) is 0 Å². The van der Waals surface area contributed by atoms with Crippen LogP contribution in [0.4, 0.5) is 4.79 Å². The van der Waals surface area contributed by atoms with Crippen LogP contribution in [-0.4, -0.2) is 88.3 Å². The summed E-state index contributed by atoms with van der Waals surface area (Å²) >= 11 is 0. The Hall–Kier alpha value is -3.02. The zero-order valence-corrected chi connectivity index (χ0v) is 23.5. The first-order valence-electron chi connectivity index (χ1n) is 12.6. The topological polar surface area (TPSA) is 122 Å². The van der Waals surface area contributed by atoms with Crippen LogP contribution >= 0.6 is 0 Å². The molecular weight excluding hydrogens is 506 g/mol. The van der Waals surface area contributed by atoms with E-state index < -0.39 is 36.4 Å². The number of methoxy groups -OCH3 is 1. The van der Waals surface area contributed by atoms with Crippen molar-refractivity contribution in [2.75, 3.05) is 46.8 Å². The van der Waals surface area contributed by atoms with Gasteiger partial charge in [-0.2, -0.15) is 0 Å². The third kappa shape index (κ3) is 15.2. The van der Waals surface area contributed by atoms with Crippen molar-refractivity contribution < 1.29 is 43.1 Å². The highest BCUT2D eigenvalue weighted by molar-refractivity contribution is 5.81. The van der Waals surface area contributed by atoms with Crippen molar-refractivity contribution in [1.29, 1.82) is 0 Å². The third-order valence-corrected chi connectivity index (χ3v) is 5.01. The Bertz CT molecular complexity index is 919. The number of carbonyl (C=O) groups is 2. The highest BCUT2D eigenvalue weighted by Gasteiger charge is 2.32. The number of hydrogen-bond acceptors (Lipinski definition) is 9. The number of amides is 1. The first kappa shape index (κ1) is 34.0. The molecule has 0 radical (unpaired) electrons. The van der Waals surface area contributed by atoms with Crippen molar-refractivity contribution in [2.45, 2.75) is 51.7 Å². The van der Waals surface area contributed by atoms with E-state index in [0.29, 0.717) is 0 Å². The standard InChI is InChI=1S/C29H43NO9/c1-20(2)13-35-18-25(31)27(38-15-22(5)6)26(37-14-21(3)4)19-36-17-24(28(32)34-7)30-29(33)39-16-23-11-9-8-10-12-23/h8-12,24-27,31H,1,3,5,13-19H2,2,4,6-7H3,(H,30,33)/t24-,25+,26-,27-/m0/s1. The molecule has 0 unspecified atom stereocenters. The summed E-state index contributed by atoms with van der Waals surface area (Å²) in [6, 6.07) is 7.98. The van der Waals surface area contributed by atoms with Crippen LogP contribution in [0.5, 0.6) is 0 Å². The second-order valence-corrected chi connectivity index (χ2v) is 9.40. The summed E-state index contributed by atoms with van der Waals surface area (Å²) in [6.45, 7) is 17.2. The van der Waals surface area contributed by atoms with Gasteiger partial charge in [-0.3, -0.25) is 0 Å². The third-order valence-electron chi connectivity index (χ3n) is 5.01. The molecule has 1 aromatic carbocycles. The molecule has 39 heavy (non-hydrogen) atoms. The minimum Gasteiger partial charge on any atom is -0.467 e. The molecule has 0 aliphatic heterocycles. The Labute approximate surface area is 231 Å². The number of rotatable bonds is 20. The van der Waals surface area contributed by atoms with Crippen LogP contribution in [0, 0.1) is 0 Å². The van der Waals surface area contributed by atoms with Gasteiger partial charge in [0.25, 0.3) is 0 Å². The molecule has 218 valence electrons. The Morgan fingerprint density at radius 1 is 0.872 bits per heavy atom. The van der Waals surface area contributed by atoms with Crippen molar-refractivity contribution in [2.24, 2.45) is 0 Å². The van der Waals surface area contributed by atoms with Gasteiger partial charge in [-0.1, -0.05) is 66.8 Å². The van der Waals surface area contributed by atoms with Gasteiger partial charge in [-0.15, -0.1) is 0 Å². The summed E-state index contributed by atoms with van der Waals surface area (Å²) in [5, 5.41) is 13.3. The van der Waals surface area contributed by atoms with Gasteiger partial charge in [0.2, 0.25) is 0 Å². The van der Waals surface area contributed by atoms with Gasteiger partial charge >= 0.3 is 12.1 Å². The van der Waals surface area contributed by atoms with Crippen LogP contribution < -0.4 is 5.32 Å². The van der Waals surface area contributed by atoms with Crippen molar-refractivity contribution in [3.8, 4) is 0 Å². The molecule has 10 nitrogen and oxygen atoms in total. The second kappa shape index (κ2) is 19.1. The van der Waals surface area contributed by atoms with E-state index in [1.807, 2.05) is 37.3 Å².